The Bertz CT molecular complexity index is 717. The summed E-state index contributed by atoms with van der Waals surface area (Å²) in [5.74, 6) is -3.73. The van der Waals surface area contributed by atoms with Crippen LogP contribution >= 0.6 is 11.6 Å². The van der Waals surface area contributed by atoms with Crippen LogP contribution in [-0.4, -0.2) is 5.91 Å². The third-order valence-corrected chi connectivity index (χ3v) is 2.95. The Morgan fingerprint density at radius 3 is 2.22 bits per heavy atom. The molecule has 1 amide bonds. The molecule has 0 aliphatic heterocycles. The minimum absolute atomic E-state index is 0. The number of H-pyrrole nitrogens is 1. The summed E-state index contributed by atoms with van der Waals surface area (Å²) >= 11 is 5.61. The van der Waals surface area contributed by atoms with Gasteiger partial charge >= 0.3 is 12.1 Å². The quantitative estimate of drug-likeness (QED) is 0.775. The van der Waals surface area contributed by atoms with Gasteiger partial charge in [0.2, 0.25) is 0 Å². The summed E-state index contributed by atoms with van der Waals surface area (Å²) in [6.07, 6.45) is -4.06. The van der Waals surface area contributed by atoms with Crippen LogP contribution in [0.25, 0.3) is 0 Å². The van der Waals surface area contributed by atoms with Crippen molar-refractivity contribution in [2.24, 2.45) is 0 Å². The lowest BCUT2D eigenvalue weighted by molar-refractivity contribution is -0.364. The molecule has 0 bridgehead atoms. The molecule has 0 atom stereocenters. The lowest BCUT2D eigenvalue weighted by Crippen LogP contribution is -3.00. The van der Waals surface area contributed by atoms with Gasteiger partial charge in [-0.25, -0.2) is 23.9 Å². The van der Waals surface area contributed by atoms with E-state index in [4.69, 9.17) is 11.6 Å². The molecule has 10 heteroatoms. The Morgan fingerprint density at radius 2 is 1.74 bits per heavy atom. The van der Waals surface area contributed by atoms with Crippen LogP contribution in [0, 0.1) is 11.6 Å². The second-order valence-electron chi connectivity index (χ2n) is 4.16. The van der Waals surface area contributed by atoms with E-state index < -0.39 is 39.9 Å². The molecule has 1 heterocycles. The summed E-state index contributed by atoms with van der Waals surface area (Å²) in [5.41, 5.74) is -1.93. The maximum Gasteiger partial charge on any atom is 0.419 e. The zero-order chi connectivity index (χ0) is 16.5. The molecule has 2 aromatic rings. The number of carbonyl (C=O) groups is 1. The maximum absolute atomic E-state index is 13.4. The fourth-order valence-corrected chi connectivity index (χ4v) is 1.84. The van der Waals surface area contributed by atoms with Crippen molar-refractivity contribution in [3.05, 3.63) is 58.2 Å². The lowest BCUT2D eigenvalue weighted by Gasteiger charge is -2.06. The van der Waals surface area contributed by atoms with Crippen molar-refractivity contribution in [1.29, 1.82) is 0 Å². The number of pyridine rings is 1. The molecule has 0 aliphatic carbocycles. The van der Waals surface area contributed by atoms with Crippen molar-refractivity contribution in [1.82, 2.24) is 0 Å². The molecular formula is C13H7Cl2F5N2O. The number of benzene rings is 1. The van der Waals surface area contributed by atoms with Gasteiger partial charge in [0.25, 0.3) is 5.82 Å². The number of nitrogens with one attached hydrogen (secondary N) is 2. The molecule has 23 heavy (non-hydrogen) atoms. The van der Waals surface area contributed by atoms with E-state index >= 15 is 0 Å². The van der Waals surface area contributed by atoms with Gasteiger partial charge in [-0.15, -0.1) is 0 Å². The minimum atomic E-state index is -4.62. The molecule has 0 fully saturated rings. The van der Waals surface area contributed by atoms with Crippen LogP contribution in [0.4, 0.5) is 27.8 Å². The van der Waals surface area contributed by atoms with E-state index in [0.717, 1.165) is 18.2 Å². The lowest BCUT2D eigenvalue weighted by atomic mass is 10.2. The van der Waals surface area contributed by atoms with Crippen LogP contribution < -0.4 is 22.7 Å². The Balaban J connectivity index is 0.00000264. The van der Waals surface area contributed by atoms with Gasteiger partial charge in [0.15, 0.2) is 0 Å². The molecule has 3 nitrogen and oxygen atoms in total. The second-order valence-corrected chi connectivity index (χ2v) is 4.57. The van der Waals surface area contributed by atoms with E-state index in [-0.39, 0.29) is 18.2 Å². The molecule has 124 valence electrons. The fraction of sp³-hybridized carbons (Fsp3) is 0.0769. The van der Waals surface area contributed by atoms with Crippen molar-refractivity contribution < 1.29 is 44.1 Å². The first-order valence-electron chi connectivity index (χ1n) is 5.74. The van der Waals surface area contributed by atoms with Gasteiger partial charge < -0.3 is 12.4 Å². The van der Waals surface area contributed by atoms with E-state index in [1.54, 1.807) is 0 Å². The Morgan fingerprint density at radius 1 is 1.17 bits per heavy atom. The van der Waals surface area contributed by atoms with Crippen LogP contribution in [0.3, 0.4) is 0 Å². The number of anilines is 1. The average Bonchev–Trinajstić information content (AvgIpc) is 2.39. The zero-order valence-electron chi connectivity index (χ0n) is 10.9. The maximum atomic E-state index is 13.4. The van der Waals surface area contributed by atoms with Crippen molar-refractivity contribution in [3.63, 3.8) is 0 Å². The van der Waals surface area contributed by atoms with Gasteiger partial charge in [0.1, 0.15) is 28.4 Å². The van der Waals surface area contributed by atoms with Crippen molar-refractivity contribution in [3.8, 4) is 0 Å². The summed E-state index contributed by atoms with van der Waals surface area (Å²) in [5, 5.41) is 1.55. The minimum Gasteiger partial charge on any atom is -1.00 e. The largest absolute Gasteiger partial charge is 1.00 e. The van der Waals surface area contributed by atoms with Crippen molar-refractivity contribution in [2.45, 2.75) is 6.18 Å². The summed E-state index contributed by atoms with van der Waals surface area (Å²) < 4.78 is 64.3. The normalized spacial score (nSPS) is 10.9. The van der Waals surface area contributed by atoms with Crippen LogP contribution in [0.1, 0.15) is 15.9 Å². The monoisotopic (exact) mass is 372 g/mol. The van der Waals surface area contributed by atoms with E-state index in [0.29, 0.717) is 12.3 Å². The highest BCUT2D eigenvalue weighted by Gasteiger charge is 2.33. The summed E-state index contributed by atoms with van der Waals surface area (Å²) in [6.45, 7) is 0. The highest BCUT2D eigenvalue weighted by Crippen LogP contribution is 2.31. The van der Waals surface area contributed by atoms with Gasteiger partial charge in [0, 0.05) is 0 Å². The molecule has 2 N–H and O–H groups in total. The predicted molar refractivity (Wildman–Crippen MR) is 67.3 cm³/mol. The number of rotatable bonds is 2. The highest BCUT2D eigenvalue weighted by molar-refractivity contribution is 6.33. The van der Waals surface area contributed by atoms with Gasteiger partial charge in [0.05, 0.1) is 5.56 Å². The van der Waals surface area contributed by atoms with Gasteiger partial charge in [-0.1, -0.05) is 17.7 Å². The second kappa shape index (κ2) is 7.10. The third-order valence-electron chi connectivity index (χ3n) is 2.65. The Labute approximate surface area is 137 Å². The molecular weight excluding hydrogens is 366 g/mol. The number of aromatic nitrogens is 1. The molecule has 0 saturated carbocycles. The fourth-order valence-electron chi connectivity index (χ4n) is 1.62. The SMILES string of the molecule is O=C(Nc1[nH+]cc(C(F)(F)F)cc1Cl)c1c(F)cccc1F.[Cl-]. The standard InChI is InChI=1S/C13H6ClF5N2O.ClH/c14-7-4-6(13(17,18)19)5-20-11(7)21-12(22)10-8(15)2-1-3-9(10)16;/h1-5H,(H,20,21,22);1H. The summed E-state index contributed by atoms with van der Waals surface area (Å²) in [4.78, 5) is 13.9. The summed E-state index contributed by atoms with van der Waals surface area (Å²) in [6, 6.07) is 3.39. The van der Waals surface area contributed by atoms with Gasteiger partial charge in [-0.05, 0) is 18.2 Å². The van der Waals surface area contributed by atoms with Gasteiger partial charge in [-0.2, -0.15) is 13.2 Å². The van der Waals surface area contributed by atoms with Crippen LogP contribution in [0.2, 0.25) is 5.02 Å². The molecule has 0 saturated heterocycles. The number of carbonyl (C=O) groups excluding carboxylic acids is 1. The van der Waals surface area contributed by atoms with E-state index in [9.17, 15) is 26.7 Å². The number of hydrogen-bond acceptors (Lipinski definition) is 1. The molecule has 0 radical (unpaired) electrons. The highest BCUT2D eigenvalue weighted by atomic mass is 35.5. The number of alkyl halides is 3. The first-order valence-corrected chi connectivity index (χ1v) is 6.11. The first-order chi connectivity index (χ1) is 10.2. The van der Waals surface area contributed by atoms with Gasteiger partial charge in [-0.3, -0.25) is 0 Å². The summed E-state index contributed by atoms with van der Waals surface area (Å²) in [7, 11) is 0. The number of halogens is 7. The number of hydrogen-bond donors (Lipinski definition) is 1. The Kier molecular flexibility index (Phi) is 5.90. The topological polar surface area (TPSA) is 43.2 Å². The zero-order valence-corrected chi connectivity index (χ0v) is 12.5. The molecule has 0 unspecified atom stereocenters. The average molecular weight is 373 g/mol. The molecule has 0 aliphatic rings. The van der Waals surface area contributed by atoms with E-state index in [2.05, 4.69) is 4.98 Å². The van der Waals surface area contributed by atoms with Crippen LogP contribution in [0.5, 0.6) is 0 Å². The number of amides is 1. The molecule has 0 spiro atoms. The first kappa shape index (κ1) is 19.1. The van der Waals surface area contributed by atoms with E-state index in [1.807, 2.05) is 5.32 Å². The van der Waals surface area contributed by atoms with Crippen LogP contribution in [0.15, 0.2) is 30.5 Å². The van der Waals surface area contributed by atoms with Crippen molar-refractivity contribution >= 4 is 23.3 Å². The smallest absolute Gasteiger partial charge is 0.419 e. The number of aromatic amines is 1. The molecule has 2 rings (SSSR count). The van der Waals surface area contributed by atoms with Crippen molar-refractivity contribution in [2.75, 3.05) is 5.32 Å². The Hall–Kier alpha value is -1.93. The van der Waals surface area contributed by atoms with Crippen LogP contribution in [-0.2, 0) is 6.18 Å². The molecule has 1 aromatic heterocycles. The van der Waals surface area contributed by atoms with E-state index in [1.165, 1.54) is 0 Å². The molecule has 1 aromatic carbocycles. The third kappa shape index (κ3) is 4.29. The predicted octanol–water partition coefficient (Wildman–Crippen LogP) is 0.707.